The number of hydrogen-bond acceptors (Lipinski definition) is 5. The molecule has 0 aliphatic heterocycles. The highest BCUT2D eigenvalue weighted by Gasteiger charge is 2.67. The maximum absolute atomic E-state index is 11.8. The van der Waals surface area contributed by atoms with Crippen molar-refractivity contribution in [1.82, 2.24) is 0 Å². The molecule has 1 aromatic rings. The summed E-state index contributed by atoms with van der Waals surface area (Å²) in [6.45, 7) is 0.224. The summed E-state index contributed by atoms with van der Waals surface area (Å²) < 4.78 is 33.8. The zero-order chi connectivity index (χ0) is 14.3. The molecule has 2 rings (SSSR count). The molecule has 106 valence electrons. The molecule has 0 amide bonds. The van der Waals surface area contributed by atoms with Crippen molar-refractivity contribution in [2.45, 2.75) is 16.7 Å². The topological polar surface area (TPSA) is 78.6 Å². The summed E-state index contributed by atoms with van der Waals surface area (Å²) in [5, 5.41) is -0.589. The van der Waals surface area contributed by atoms with E-state index in [2.05, 4.69) is 0 Å². The molecular formula is C13H19NO4S. The van der Waals surface area contributed by atoms with Crippen LogP contribution in [0.5, 0.6) is 5.75 Å². The van der Waals surface area contributed by atoms with Gasteiger partial charge in [0.2, 0.25) is 0 Å². The van der Waals surface area contributed by atoms with Gasteiger partial charge in [-0.2, -0.15) is 0 Å². The Morgan fingerprint density at radius 1 is 1.26 bits per heavy atom. The second kappa shape index (κ2) is 4.77. The van der Waals surface area contributed by atoms with Crippen LogP contribution >= 0.6 is 0 Å². The smallest absolute Gasteiger partial charge is 0.152 e. The number of rotatable bonds is 5. The lowest BCUT2D eigenvalue weighted by molar-refractivity contribution is 0.171. The van der Waals surface area contributed by atoms with Crippen molar-refractivity contribution in [2.24, 2.45) is 5.73 Å². The first-order chi connectivity index (χ1) is 8.84. The van der Waals surface area contributed by atoms with Crippen LogP contribution in [0.15, 0.2) is 24.3 Å². The van der Waals surface area contributed by atoms with Crippen LogP contribution in [-0.2, 0) is 14.6 Å². The number of nitrogens with two attached hydrogens (primary N) is 1. The lowest BCUT2D eigenvalue weighted by Gasteiger charge is -2.10. The summed E-state index contributed by atoms with van der Waals surface area (Å²) >= 11 is 0. The van der Waals surface area contributed by atoms with Gasteiger partial charge in [0.15, 0.2) is 9.84 Å². The van der Waals surface area contributed by atoms with Gasteiger partial charge >= 0.3 is 0 Å². The largest absolute Gasteiger partial charge is 0.497 e. The van der Waals surface area contributed by atoms with E-state index in [-0.39, 0.29) is 12.5 Å². The Hall–Kier alpha value is -1.11. The molecule has 0 unspecified atom stereocenters. The van der Waals surface area contributed by atoms with Gasteiger partial charge in [0.25, 0.3) is 0 Å². The molecule has 1 aliphatic rings. The fourth-order valence-corrected chi connectivity index (χ4v) is 4.63. The van der Waals surface area contributed by atoms with E-state index in [4.69, 9.17) is 15.2 Å². The lowest BCUT2D eigenvalue weighted by atomic mass is 10.1. The normalized spacial score (nSPS) is 30.1. The molecule has 0 spiro atoms. The predicted molar refractivity (Wildman–Crippen MR) is 73.2 cm³/mol. The fourth-order valence-electron chi connectivity index (χ4n) is 2.79. The van der Waals surface area contributed by atoms with Crippen molar-refractivity contribution < 1.29 is 17.9 Å². The van der Waals surface area contributed by atoms with E-state index >= 15 is 0 Å². The molecule has 1 fully saturated rings. The van der Waals surface area contributed by atoms with Gasteiger partial charge in [-0.1, -0.05) is 12.1 Å². The molecule has 0 heterocycles. The van der Waals surface area contributed by atoms with Gasteiger partial charge in [-0.05, 0) is 17.7 Å². The Morgan fingerprint density at radius 3 is 2.26 bits per heavy atom. The second-order valence-electron chi connectivity index (χ2n) is 5.05. The molecule has 0 bridgehead atoms. The maximum atomic E-state index is 11.8. The van der Waals surface area contributed by atoms with E-state index in [1.54, 1.807) is 19.2 Å². The van der Waals surface area contributed by atoms with E-state index in [1.807, 2.05) is 12.1 Å². The number of hydrogen-bond donors (Lipinski definition) is 1. The molecular weight excluding hydrogens is 266 g/mol. The van der Waals surface area contributed by atoms with Gasteiger partial charge in [-0.15, -0.1) is 0 Å². The Morgan fingerprint density at radius 2 is 1.84 bits per heavy atom. The monoisotopic (exact) mass is 285 g/mol. The van der Waals surface area contributed by atoms with Crippen molar-refractivity contribution in [1.29, 1.82) is 0 Å². The molecule has 6 heteroatoms. The highest BCUT2D eigenvalue weighted by atomic mass is 32.2. The van der Waals surface area contributed by atoms with Crippen LogP contribution in [0.4, 0.5) is 0 Å². The number of sulfone groups is 1. The van der Waals surface area contributed by atoms with Crippen molar-refractivity contribution >= 4 is 9.84 Å². The first-order valence-electron chi connectivity index (χ1n) is 5.95. The Balaban J connectivity index is 2.32. The molecule has 3 atom stereocenters. The summed E-state index contributed by atoms with van der Waals surface area (Å²) in [6, 6.07) is 7.32. The lowest BCUT2D eigenvalue weighted by Crippen LogP contribution is -2.35. The highest BCUT2D eigenvalue weighted by molar-refractivity contribution is 7.91. The van der Waals surface area contributed by atoms with E-state index in [9.17, 15) is 8.42 Å². The minimum atomic E-state index is -3.21. The van der Waals surface area contributed by atoms with E-state index < -0.39 is 20.6 Å². The van der Waals surface area contributed by atoms with Crippen LogP contribution in [-0.4, -0.2) is 46.3 Å². The minimum Gasteiger partial charge on any atom is -0.497 e. The first kappa shape index (κ1) is 14.3. The molecule has 1 aliphatic carbocycles. The SMILES string of the molecule is COC[C@]1(N)[C@@H](c2ccc(OC)cc2)[C@@H]1S(C)(=O)=O. The molecule has 0 radical (unpaired) electrons. The highest BCUT2D eigenvalue weighted by Crippen LogP contribution is 2.54. The minimum absolute atomic E-state index is 0.224. The summed E-state index contributed by atoms with van der Waals surface area (Å²) in [5.41, 5.74) is 6.26. The van der Waals surface area contributed by atoms with Crippen LogP contribution in [0.25, 0.3) is 0 Å². The molecule has 0 aromatic heterocycles. The third-order valence-electron chi connectivity index (χ3n) is 3.63. The molecule has 19 heavy (non-hydrogen) atoms. The van der Waals surface area contributed by atoms with Gasteiger partial charge < -0.3 is 15.2 Å². The third-order valence-corrected chi connectivity index (χ3v) is 5.27. The number of benzene rings is 1. The van der Waals surface area contributed by atoms with Gasteiger partial charge in [-0.3, -0.25) is 0 Å². The maximum Gasteiger partial charge on any atom is 0.152 e. The second-order valence-corrected chi connectivity index (χ2v) is 7.21. The van der Waals surface area contributed by atoms with Crippen molar-refractivity contribution in [3.05, 3.63) is 29.8 Å². The summed E-state index contributed by atoms with van der Waals surface area (Å²) in [4.78, 5) is 0. The van der Waals surface area contributed by atoms with Crippen molar-refractivity contribution in [3.63, 3.8) is 0 Å². The molecule has 1 saturated carbocycles. The van der Waals surface area contributed by atoms with Gasteiger partial charge in [0, 0.05) is 19.3 Å². The van der Waals surface area contributed by atoms with Crippen LogP contribution in [0.1, 0.15) is 11.5 Å². The van der Waals surface area contributed by atoms with Crippen LogP contribution in [0.2, 0.25) is 0 Å². The van der Waals surface area contributed by atoms with E-state index in [1.165, 1.54) is 13.4 Å². The number of methoxy groups -OCH3 is 2. The standard InChI is InChI=1S/C13H19NO4S/c1-17-8-13(14)11(12(13)19(3,15)16)9-4-6-10(18-2)7-5-9/h4-7,11-12H,8,14H2,1-3H3/t11-,12-,13-/m0/s1. The predicted octanol–water partition coefficient (Wildman–Crippen LogP) is 0.549. The van der Waals surface area contributed by atoms with E-state index in [0.29, 0.717) is 0 Å². The van der Waals surface area contributed by atoms with Gasteiger partial charge in [-0.25, -0.2) is 8.42 Å². The van der Waals surface area contributed by atoms with E-state index in [0.717, 1.165) is 11.3 Å². The Bertz CT molecular complexity index is 555. The van der Waals surface area contributed by atoms with Crippen molar-refractivity contribution in [2.75, 3.05) is 27.1 Å². The Labute approximate surface area is 113 Å². The number of ether oxygens (including phenoxy) is 2. The average molecular weight is 285 g/mol. The zero-order valence-corrected chi connectivity index (χ0v) is 12.1. The third kappa shape index (κ3) is 2.48. The first-order valence-corrected chi connectivity index (χ1v) is 7.90. The summed E-state index contributed by atoms with van der Waals surface area (Å²) in [5.74, 6) is 0.503. The van der Waals surface area contributed by atoms with Crippen LogP contribution < -0.4 is 10.5 Å². The van der Waals surface area contributed by atoms with Crippen LogP contribution in [0.3, 0.4) is 0 Å². The van der Waals surface area contributed by atoms with Gasteiger partial charge in [0.05, 0.1) is 24.5 Å². The molecule has 2 N–H and O–H groups in total. The van der Waals surface area contributed by atoms with Crippen molar-refractivity contribution in [3.8, 4) is 5.75 Å². The van der Waals surface area contributed by atoms with Gasteiger partial charge in [0.1, 0.15) is 5.75 Å². The molecule has 0 saturated heterocycles. The quantitative estimate of drug-likeness (QED) is 0.854. The molecule has 5 nitrogen and oxygen atoms in total. The summed E-state index contributed by atoms with van der Waals surface area (Å²) in [7, 11) is -0.0967. The molecule has 1 aromatic carbocycles. The zero-order valence-electron chi connectivity index (χ0n) is 11.3. The van der Waals surface area contributed by atoms with Crippen LogP contribution in [0, 0.1) is 0 Å². The average Bonchev–Trinajstić information content (AvgIpc) is 2.96. The fraction of sp³-hybridized carbons (Fsp3) is 0.538. The summed E-state index contributed by atoms with van der Waals surface area (Å²) in [6.07, 6.45) is 1.22. The Kier molecular flexibility index (Phi) is 3.59.